The number of carbonyl (C=O) groups is 1. The standard InChI is InChI=1S/C10H18O/c1-6-9(8(2)3)10(4,5)7-11/h6-9H,1H2,2-5H3/t9-/m1/s1. The van der Waals surface area contributed by atoms with Gasteiger partial charge >= 0.3 is 0 Å². The Hall–Kier alpha value is -0.590. The van der Waals surface area contributed by atoms with E-state index >= 15 is 0 Å². The molecule has 0 bridgehead atoms. The fourth-order valence-corrected chi connectivity index (χ4v) is 1.51. The molecule has 0 aliphatic carbocycles. The Morgan fingerprint density at radius 3 is 1.91 bits per heavy atom. The third kappa shape index (κ3) is 2.49. The number of rotatable bonds is 4. The predicted molar refractivity (Wildman–Crippen MR) is 48.4 cm³/mol. The average molecular weight is 154 g/mol. The van der Waals surface area contributed by atoms with Crippen LogP contribution in [0.4, 0.5) is 0 Å². The monoisotopic (exact) mass is 154 g/mol. The second kappa shape index (κ2) is 3.70. The first kappa shape index (κ1) is 10.4. The van der Waals surface area contributed by atoms with Crippen molar-refractivity contribution < 1.29 is 4.79 Å². The summed E-state index contributed by atoms with van der Waals surface area (Å²) in [6.07, 6.45) is 2.89. The van der Waals surface area contributed by atoms with E-state index in [2.05, 4.69) is 20.4 Å². The second-order valence-corrected chi connectivity index (χ2v) is 3.94. The minimum absolute atomic E-state index is 0.268. The Morgan fingerprint density at radius 2 is 1.82 bits per heavy atom. The van der Waals surface area contributed by atoms with Gasteiger partial charge in [-0.1, -0.05) is 33.8 Å². The van der Waals surface area contributed by atoms with Crippen molar-refractivity contribution >= 4 is 6.29 Å². The van der Waals surface area contributed by atoms with Gasteiger partial charge in [0.2, 0.25) is 0 Å². The summed E-state index contributed by atoms with van der Waals surface area (Å²) >= 11 is 0. The molecule has 0 spiro atoms. The van der Waals surface area contributed by atoms with Gasteiger partial charge in [0.15, 0.2) is 0 Å². The van der Waals surface area contributed by atoms with Gasteiger partial charge in [-0.3, -0.25) is 0 Å². The lowest BCUT2D eigenvalue weighted by atomic mass is 9.74. The lowest BCUT2D eigenvalue weighted by molar-refractivity contribution is -0.117. The Labute approximate surface area is 69.5 Å². The number of allylic oxidation sites excluding steroid dienone is 1. The van der Waals surface area contributed by atoms with Gasteiger partial charge < -0.3 is 4.79 Å². The zero-order valence-electron chi connectivity index (χ0n) is 7.92. The van der Waals surface area contributed by atoms with E-state index in [0.29, 0.717) is 5.92 Å². The molecule has 0 N–H and O–H groups in total. The zero-order valence-corrected chi connectivity index (χ0v) is 7.92. The van der Waals surface area contributed by atoms with Crippen LogP contribution in [0.3, 0.4) is 0 Å². The highest BCUT2D eigenvalue weighted by Gasteiger charge is 2.28. The largest absolute Gasteiger partial charge is 0.303 e. The molecule has 1 heteroatoms. The van der Waals surface area contributed by atoms with Crippen LogP contribution >= 0.6 is 0 Å². The van der Waals surface area contributed by atoms with Crippen LogP contribution in [0.15, 0.2) is 12.7 Å². The molecule has 0 aliphatic rings. The van der Waals surface area contributed by atoms with Gasteiger partial charge in [0, 0.05) is 5.41 Å². The molecule has 0 aliphatic heterocycles. The molecule has 1 atom stereocenters. The van der Waals surface area contributed by atoms with Crippen molar-refractivity contribution in [1.82, 2.24) is 0 Å². The van der Waals surface area contributed by atoms with E-state index in [4.69, 9.17) is 0 Å². The van der Waals surface area contributed by atoms with Crippen LogP contribution in [-0.4, -0.2) is 6.29 Å². The summed E-state index contributed by atoms with van der Waals surface area (Å²) in [7, 11) is 0. The molecule has 0 amide bonds. The van der Waals surface area contributed by atoms with Crippen molar-refractivity contribution in [2.45, 2.75) is 27.7 Å². The number of hydrogen-bond acceptors (Lipinski definition) is 1. The van der Waals surface area contributed by atoms with Crippen LogP contribution in [0.25, 0.3) is 0 Å². The first-order chi connectivity index (χ1) is 4.95. The lowest BCUT2D eigenvalue weighted by Crippen LogP contribution is -2.27. The highest BCUT2D eigenvalue weighted by molar-refractivity contribution is 5.59. The van der Waals surface area contributed by atoms with Crippen molar-refractivity contribution in [3.05, 3.63) is 12.7 Å². The topological polar surface area (TPSA) is 17.1 Å². The summed E-state index contributed by atoms with van der Waals surface area (Å²) in [5.74, 6) is 0.757. The van der Waals surface area contributed by atoms with Gasteiger partial charge in [-0.15, -0.1) is 6.58 Å². The van der Waals surface area contributed by atoms with Gasteiger partial charge in [-0.05, 0) is 11.8 Å². The summed E-state index contributed by atoms with van der Waals surface area (Å²) in [5.41, 5.74) is -0.268. The van der Waals surface area contributed by atoms with E-state index in [0.717, 1.165) is 6.29 Å². The van der Waals surface area contributed by atoms with Gasteiger partial charge in [0.1, 0.15) is 6.29 Å². The molecular weight excluding hydrogens is 136 g/mol. The maximum absolute atomic E-state index is 10.7. The Kier molecular flexibility index (Phi) is 3.50. The molecule has 0 heterocycles. The zero-order chi connectivity index (χ0) is 9.07. The predicted octanol–water partition coefficient (Wildman–Crippen LogP) is 2.67. The normalized spacial score (nSPS) is 14.6. The second-order valence-electron chi connectivity index (χ2n) is 3.94. The maximum Gasteiger partial charge on any atom is 0.126 e. The molecule has 11 heavy (non-hydrogen) atoms. The van der Waals surface area contributed by atoms with Crippen LogP contribution < -0.4 is 0 Å². The molecule has 1 nitrogen and oxygen atoms in total. The number of aldehydes is 1. The molecule has 0 rings (SSSR count). The van der Waals surface area contributed by atoms with Crippen molar-refractivity contribution in [3.8, 4) is 0 Å². The Morgan fingerprint density at radius 1 is 1.36 bits per heavy atom. The molecule has 0 saturated heterocycles. The average Bonchev–Trinajstić information content (AvgIpc) is 1.88. The van der Waals surface area contributed by atoms with Crippen molar-refractivity contribution in [1.29, 1.82) is 0 Å². The summed E-state index contributed by atoms with van der Waals surface area (Å²) in [5, 5.41) is 0. The Balaban J connectivity index is 4.48. The van der Waals surface area contributed by atoms with Crippen LogP contribution in [0.1, 0.15) is 27.7 Å². The van der Waals surface area contributed by atoms with Crippen LogP contribution in [0, 0.1) is 17.3 Å². The van der Waals surface area contributed by atoms with E-state index in [1.54, 1.807) is 0 Å². The summed E-state index contributed by atoms with van der Waals surface area (Å²) in [6.45, 7) is 11.9. The SMILES string of the molecule is C=C[C@H](C(C)C)C(C)(C)C=O. The van der Waals surface area contributed by atoms with E-state index in [9.17, 15) is 4.79 Å². The van der Waals surface area contributed by atoms with Crippen molar-refractivity contribution in [2.75, 3.05) is 0 Å². The quantitative estimate of drug-likeness (QED) is 0.449. The third-order valence-electron chi connectivity index (χ3n) is 2.14. The van der Waals surface area contributed by atoms with E-state index in [1.165, 1.54) is 0 Å². The third-order valence-corrected chi connectivity index (χ3v) is 2.14. The molecule has 64 valence electrons. The fraction of sp³-hybridized carbons (Fsp3) is 0.700. The highest BCUT2D eigenvalue weighted by Crippen LogP contribution is 2.31. The summed E-state index contributed by atoms with van der Waals surface area (Å²) in [4.78, 5) is 10.7. The first-order valence-corrected chi connectivity index (χ1v) is 4.04. The molecule has 0 fully saturated rings. The molecular formula is C10H18O. The molecule has 0 aromatic rings. The minimum atomic E-state index is -0.268. The molecule has 0 saturated carbocycles. The van der Waals surface area contributed by atoms with Gasteiger partial charge in [0.25, 0.3) is 0 Å². The van der Waals surface area contributed by atoms with Crippen LogP contribution in [0.2, 0.25) is 0 Å². The lowest BCUT2D eigenvalue weighted by Gasteiger charge is -2.29. The maximum atomic E-state index is 10.7. The molecule has 0 unspecified atom stereocenters. The summed E-state index contributed by atoms with van der Waals surface area (Å²) < 4.78 is 0. The molecule has 0 aromatic heterocycles. The fourth-order valence-electron chi connectivity index (χ4n) is 1.51. The molecule has 0 aromatic carbocycles. The molecule has 0 radical (unpaired) electrons. The Bertz CT molecular complexity index is 145. The first-order valence-electron chi connectivity index (χ1n) is 4.04. The van der Waals surface area contributed by atoms with Crippen molar-refractivity contribution in [3.63, 3.8) is 0 Å². The van der Waals surface area contributed by atoms with Gasteiger partial charge in [-0.25, -0.2) is 0 Å². The van der Waals surface area contributed by atoms with Crippen LogP contribution in [0.5, 0.6) is 0 Å². The summed E-state index contributed by atoms with van der Waals surface area (Å²) in [6, 6.07) is 0. The van der Waals surface area contributed by atoms with E-state index < -0.39 is 0 Å². The minimum Gasteiger partial charge on any atom is -0.303 e. The smallest absolute Gasteiger partial charge is 0.126 e. The number of carbonyl (C=O) groups excluding carboxylic acids is 1. The van der Waals surface area contributed by atoms with E-state index in [-0.39, 0.29) is 11.3 Å². The van der Waals surface area contributed by atoms with Crippen molar-refractivity contribution in [2.24, 2.45) is 17.3 Å². The highest BCUT2D eigenvalue weighted by atomic mass is 16.1. The van der Waals surface area contributed by atoms with Gasteiger partial charge in [0.05, 0.1) is 0 Å². The van der Waals surface area contributed by atoms with Gasteiger partial charge in [-0.2, -0.15) is 0 Å². The van der Waals surface area contributed by atoms with E-state index in [1.807, 2.05) is 19.9 Å². The number of hydrogen-bond donors (Lipinski definition) is 0. The van der Waals surface area contributed by atoms with Crippen LogP contribution in [-0.2, 0) is 4.79 Å².